The van der Waals surface area contributed by atoms with Crippen LogP contribution in [0.2, 0.25) is 0 Å². The van der Waals surface area contributed by atoms with Gasteiger partial charge in [-0.05, 0) is 25.0 Å². The zero-order valence-electron chi connectivity index (χ0n) is 8.10. The van der Waals surface area contributed by atoms with Gasteiger partial charge in [0.05, 0.1) is 12.1 Å². The van der Waals surface area contributed by atoms with Crippen molar-refractivity contribution >= 4 is 5.69 Å². The van der Waals surface area contributed by atoms with Gasteiger partial charge in [-0.1, -0.05) is 0 Å². The number of aliphatic hydroxyl groups excluding tert-OH is 1. The maximum atomic E-state index is 11.8. The summed E-state index contributed by atoms with van der Waals surface area (Å²) < 4.78 is 1.61. The lowest BCUT2D eigenvalue weighted by molar-refractivity contribution is 0.0300. The smallest absolute Gasteiger partial charge is 0.274 e. The molecule has 1 aromatic rings. The van der Waals surface area contributed by atoms with Crippen molar-refractivity contribution in [1.82, 2.24) is 4.57 Å². The van der Waals surface area contributed by atoms with Gasteiger partial charge in [-0.2, -0.15) is 0 Å². The highest BCUT2D eigenvalue weighted by molar-refractivity contribution is 5.39. The molecule has 76 valence electrons. The molecule has 1 aliphatic carbocycles. The second-order valence-electron chi connectivity index (χ2n) is 3.60. The number of aromatic nitrogens is 1. The third kappa shape index (κ3) is 1.32. The van der Waals surface area contributed by atoms with Gasteiger partial charge in [0.25, 0.3) is 5.56 Å². The Morgan fingerprint density at radius 3 is 2.86 bits per heavy atom. The first-order chi connectivity index (χ1) is 6.74. The van der Waals surface area contributed by atoms with Gasteiger partial charge in [0.2, 0.25) is 0 Å². The first-order valence-electron chi connectivity index (χ1n) is 4.81. The first-order valence-corrected chi connectivity index (χ1v) is 4.81. The molecule has 0 spiro atoms. The maximum Gasteiger partial charge on any atom is 0.274 e. The summed E-state index contributed by atoms with van der Waals surface area (Å²) in [4.78, 5) is 11.8. The molecule has 2 rings (SSSR count). The summed E-state index contributed by atoms with van der Waals surface area (Å²) in [6, 6.07) is 3.53. The summed E-state index contributed by atoms with van der Waals surface area (Å²) in [5.74, 6) is 0. The molecule has 1 saturated carbocycles. The van der Waals surface area contributed by atoms with E-state index in [2.05, 4.69) is 5.32 Å². The fraction of sp³-hybridized carbons (Fsp3) is 0.500. The SMILES string of the molecule is CNc1cccn([C@@H]2CC[C@@H]2O)c1=O. The highest BCUT2D eigenvalue weighted by Crippen LogP contribution is 2.30. The van der Waals surface area contributed by atoms with Gasteiger partial charge in [0.1, 0.15) is 5.69 Å². The maximum absolute atomic E-state index is 11.8. The van der Waals surface area contributed by atoms with Crippen LogP contribution in [-0.4, -0.2) is 22.8 Å². The zero-order chi connectivity index (χ0) is 10.1. The fourth-order valence-electron chi connectivity index (χ4n) is 1.75. The molecule has 0 radical (unpaired) electrons. The van der Waals surface area contributed by atoms with E-state index in [-0.39, 0.29) is 17.7 Å². The highest BCUT2D eigenvalue weighted by atomic mass is 16.3. The van der Waals surface area contributed by atoms with Gasteiger partial charge < -0.3 is 15.0 Å². The van der Waals surface area contributed by atoms with Gasteiger partial charge in [-0.15, -0.1) is 0 Å². The highest BCUT2D eigenvalue weighted by Gasteiger charge is 2.31. The Labute approximate surface area is 82.2 Å². The summed E-state index contributed by atoms with van der Waals surface area (Å²) in [5, 5.41) is 12.3. The normalized spacial score (nSPS) is 25.6. The number of hydrogen-bond acceptors (Lipinski definition) is 3. The molecule has 4 heteroatoms. The molecule has 2 N–H and O–H groups in total. The van der Waals surface area contributed by atoms with Crippen LogP contribution in [0.4, 0.5) is 5.69 Å². The lowest BCUT2D eigenvalue weighted by Gasteiger charge is -2.33. The van der Waals surface area contributed by atoms with Crippen molar-refractivity contribution < 1.29 is 5.11 Å². The van der Waals surface area contributed by atoms with Crippen LogP contribution in [0.15, 0.2) is 23.1 Å². The molecule has 0 saturated heterocycles. The van der Waals surface area contributed by atoms with E-state index in [4.69, 9.17) is 0 Å². The molecule has 2 atom stereocenters. The minimum atomic E-state index is -0.361. The van der Waals surface area contributed by atoms with Crippen LogP contribution in [0.1, 0.15) is 18.9 Å². The van der Waals surface area contributed by atoms with Crippen LogP contribution in [0.25, 0.3) is 0 Å². The third-order valence-electron chi connectivity index (χ3n) is 2.80. The second-order valence-corrected chi connectivity index (χ2v) is 3.60. The Kier molecular flexibility index (Phi) is 2.29. The number of aliphatic hydroxyl groups is 1. The molecule has 0 amide bonds. The van der Waals surface area contributed by atoms with Crippen LogP contribution >= 0.6 is 0 Å². The van der Waals surface area contributed by atoms with Crippen molar-refractivity contribution in [1.29, 1.82) is 0 Å². The molecule has 1 aliphatic rings. The predicted molar refractivity (Wildman–Crippen MR) is 54.5 cm³/mol. The number of hydrogen-bond donors (Lipinski definition) is 2. The quantitative estimate of drug-likeness (QED) is 0.724. The van der Waals surface area contributed by atoms with Crippen LogP contribution in [0.3, 0.4) is 0 Å². The zero-order valence-corrected chi connectivity index (χ0v) is 8.10. The number of anilines is 1. The average molecular weight is 194 g/mol. The van der Waals surface area contributed by atoms with E-state index in [1.807, 2.05) is 6.07 Å². The van der Waals surface area contributed by atoms with Crippen molar-refractivity contribution in [2.24, 2.45) is 0 Å². The monoisotopic (exact) mass is 194 g/mol. The molecule has 1 heterocycles. The van der Waals surface area contributed by atoms with Gasteiger partial charge in [-0.25, -0.2) is 0 Å². The minimum absolute atomic E-state index is 0.0317. The molecule has 1 fully saturated rings. The predicted octanol–water partition coefficient (Wildman–Crippen LogP) is 0.586. The van der Waals surface area contributed by atoms with Crippen LogP contribution in [0, 0.1) is 0 Å². The van der Waals surface area contributed by atoms with Crippen LogP contribution in [0.5, 0.6) is 0 Å². The Hall–Kier alpha value is -1.29. The van der Waals surface area contributed by atoms with Gasteiger partial charge in [0, 0.05) is 13.2 Å². The Balaban J connectivity index is 2.38. The molecule has 0 aliphatic heterocycles. The Bertz CT molecular complexity index is 386. The standard InChI is InChI=1S/C10H14N2O2/c1-11-7-3-2-6-12(10(7)14)8-4-5-9(8)13/h2-3,6,8-9,11,13H,4-5H2,1H3/t8-,9+/m1/s1. The molecule has 0 unspecified atom stereocenters. The van der Waals surface area contributed by atoms with E-state index in [0.29, 0.717) is 5.69 Å². The van der Waals surface area contributed by atoms with Crippen molar-refractivity contribution in [2.75, 3.05) is 12.4 Å². The molecular weight excluding hydrogens is 180 g/mol. The molecule has 1 aromatic heterocycles. The topological polar surface area (TPSA) is 54.3 Å². The molecule has 4 nitrogen and oxygen atoms in total. The van der Waals surface area contributed by atoms with Gasteiger partial charge in [0.15, 0.2) is 0 Å². The summed E-state index contributed by atoms with van der Waals surface area (Å²) in [6.07, 6.45) is 3.05. The van der Waals surface area contributed by atoms with E-state index >= 15 is 0 Å². The van der Waals surface area contributed by atoms with Gasteiger partial charge in [-0.3, -0.25) is 4.79 Å². The Morgan fingerprint density at radius 1 is 1.57 bits per heavy atom. The van der Waals surface area contributed by atoms with E-state index in [0.717, 1.165) is 12.8 Å². The second kappa shape index (κ2) is 3.46. The molecule has 0 aromatic carbocycles. The molecule has 0 bridgehead atoms. The summed E-state index contributed by atoms with van der Waals surface area (Å²) in [5.41, 5.74) is 0.519. The minimum Gasteiger partial charge on any atom is -0.391 e. The largest absolute Gasteiger partial charge is 0.391 e. The van der Waals surface area contributed by atoms with Crippen molar-refractivity contribution in [3.63, 3.8) is 0 Å². The van der Waals surface area contributed by atoms with E-state index in [1.54, 1.807) is 23.9 Å². The van der Waals surface area contributed by atoms with E-state index < -0.39 is 0 Å². The van der Waals surface area contributed by atoms with Crippen LogP contribution in [-0.2, 0) is 0 Å². The lowest BCUT2D eigenvalue weighted by Crippen LogP contribution is -2.39. The summed E-state index contributed by atoms with van der Waals surface area (Å²) in [7, 11) is 1.72. The summed E-state index contributed by atoms with van der Waals surface area (Å²) >= 11 is 0. The van der Waals surface area contributed by atoms with Gasteiger partial charge >= 0.3 is 0 Å². The average Bonchev–Trinajstić information content (AvgIpc) is 2.19. The molecule has 14 heavy (non-hydrogen) atoms. The number of pyridine rings is 1. The van der Waals surface area contributed by atoms with Crippen LogP contribution < -0.4 is 10.9 Å². The fourth-order valence-corrected chi connectivity index (χ4v) is 1.75. The molecular formula is C10H14N2O2. The van der Waals surface area contributed by atoms with Crippen molar-refractivity contribution in [3.8, 4) is 0 Å². The first kappa shape index (κ1) is 9.27. The summed E-state index contributed by atoms with van der Waals surface area (Å²) in [6.45, 7) is 0. The van der Waals surface area contributed by atoms with E-state index in [1.165, 1.54) is 0 Å². The van der Waals surface area contributed by atoms with E-state index in [9.17, 15) is 9.90 Å². The Morgan fingerprint density at radius 2 is 2.36 bits per heavy atom. The number of nitrogens with zero attached hydrogens (tertiary/aromatic N) is 1. The van der Waals surface area contributed by atoms with Crippen molar-refractivity contribution in [3.05, 3.63) is 28.7 Å². The number of rotatable bonds is 2. The number of nitrogens with one attached hydrogen (secondary N) is 1. The third-order valence-corrected chi connectivity index (χ3v) is 2.80. The van der Waals surface area contributed by atoms with Crippen molar-refractivity contribution in [2.45, 2.75) is 25.0 Å². The lowest BCUT2D eigenvalue weighted by atomic mass is 9.89.